The number of anilines is 2. The van der Waals surface area contributed by atoms with Crippen LogP contribution < -0.4 is 10.2 Å². The smallest absolute Gasteiger partial charge is 0.258 e. The number of hydrogen-bond donors (Lipinski definition) is 1. The van der Waals surface area contributed by atoms with Gasteiger partial charge in [-0.15, -0.1) is 0 Å². The van der Waals surface area contributed by atoms with E-state index >= 15 is 0 Å². The Labute approximate surface area is 241 Å². The minimum atomic E-state index is -0.343. The van der Waals surface area contributed by atoms with Gasteiger partial charge in [0.2, 0.25) is 0 Å². The van der Waals surface area contributed by atoms with E-state index in [1.807, 2.05) is 38.1 Å². The average molecular weight is 560 g/mol. The molecule has 1 saturated heterocycles. The Balaban J connectivity index is 1.29. The maximum atomic E-state index is 14.4. The predicted octanol–water partition coefficient (Wildman–Crippen LogP) is 5.92. The SMILES string of the molecule is Cc1ccccc1C(=O)Nc1ccc(C(=O)N2CCCC(OCCCN3CCOCC3)c3cc(F)ccc32)c(C)c1. The molecular weight excluding hydrogens is 521 g/mol. The maximum absolute atomic E-state index is 14.4. The van der Waals surface area contributed by atoms with Gasteiger partial charge in [-0.05, 0) is 86.7 Å². The van der Waals surface area contributed by atoms with Crippen LogP contribution in [0, 0.1) is 19.7 Å². The zero-order valence-electron chi connectivity index (χ0n) is 23.8. The molecule has 1 unspecified atom stereocenters. The molecule has 0 radical (unpaired) electrons. The van der Waals surface area contributed by atoms with E-state index in [4.69, 9.17) is 9.47 Å². The van der Waals surface area contributed by atoms with Gasteiger partial charge in [0.05, 0.1) is 19.3 Å². The molecule has 216 valence electrons. The van der Waals surface area contributed by atoms with Gasteiger partial charge in [-0.1, -0.05) is 18.2 Å². The summed E-state index contributed by atoms with van der Waals surface area (Å²) in [6, 6.07) is 17.3. The Morgan fingerprint density at radius 3 is 2.56 bits per heavy atom. The number of carbonyl (C=O) groups is 2. The topological polar surface area (TPSA) is 71.1 Å². The van der Waals surface area contributed by atoms with E-state index in [0.29, 0.717) is 47.6 Å². The molecule has 0 spiro atoms. The van der Waals surface area contributed by atoms with Crippen molar-refractivity contribution in [2.24, 2.45) is 0 Å². The molecule has 1 N–H and O–H groups in total. The number of aryl methyl sites for hydroxylation is 2. The normalized spacial score (nSPS) is 17.5. The summed E-state index contributed by atoms with van der Waals surface area (Å²) in [6.45, 7) is 9.19. The van der Waals surface area contributed by atoms with Crippen LogP contribution in [0.3, 0.4) is 0 Å². The van der Waals surface area contributed by atoms with E-state index in [-0.39, 0.29) is 23.7 Å². The number of nitrogens with one attached hydrogen (secondary N) is 1. The van der Waals surface area contributed by atoms with Gasteiger partial charge in [-0.3, -0.25) is 14.5 Å². The van der Waals surface area contributed by atoms with Crippen LogP contribution in [0.5, 0.6) is 0 Å². The van der Waals surface area contributed by atoms with Crippen molar-refractivity contribution in [3.8, 4) is 0 Å². The number of amides is 2. The second-order valence-electron chi connectivity index (χ2n) is 10.8. The number of halogens is 1. The van der Waals surface area contributed by atoms with Crippen molar-refractivity contribution in [1.29, 1.82) is 0 Å². The lowest BCUT2D eigenvalue weighted by atomic mass is 10.0. The molecule has 0 aliphatic carbocycles. The van der Waals surface area contributed by atoms with E-state index < -0.39 is 0 Å². The van der Waals surface area contributed by atoms with Gasteiger partial charge in [0.1, 0.15) is 5.82 Å². The lowest BCUT2D eigenvalue weighted by Crippen LogP contribution is -2.37. The predicted molar refractivity (Wildman–Crippen MR) is 158 cm³/mol. The van der Waals surface area contributed by atoms with Crippen LogP contribution in [0.15, 0.2) is 60.7 Å². The first kappa shape index (κ1) is 28.9. The molecule has 7 nitrogen and oxygen atoms in total. The summed E-state index contributed by atoms with van der Waals surface area (Å²) in [5.74, 6) is -0.689. The van der Waals surface area contributed by atoms with E-state index in [9.17, 15) is 14.0 Å². The van der Waals surface area contributed by atoms with Gasteiger partial charge in [0.25, 0.3) is 11.8 Å². The van der Waals surface area contributed by atoms with Crippen molar-refractivity contribution in [3.63, 3.8) is 0 Å². The number of nitrogens with zero attached hydrogens (tertiary/aromatic N) is 2. The van der Waals surface area contributed by atoms with Gasteiger partial charge >= 0.3 is 0 Å². The van der Waals surface area contributed by atoms with Gasteiger partial charge in [-0.25, -0.2) is 4.39 Å². The van der Waals surface area contributed by atoms with Crippen LogP contribution >= 0.6 is 0 Å². The molecule has 1 fully saturated rings. The first-order chi connectivity index (χ1) is 19.9. The molecule has 2 aliphatic rings. The lowest BCUT2D eigenvalue weighted by molar-refractivity contribution is 0.0184. The van der Waals surface area contributed by atoms with Crippen molar-refractivity contribution in [3.05, 3.63) is 94.3 Å². The van der Waals surface area contributed by atoms with Gasteiger partial charge in [-0.2, -0.15) is 0 Å². The Bertz CT molecular complexity index is 1390. The summed E-state index contributed by atoms with van der Waals surface area (Å²) >= 11 is 0. The highest BCUT2D eigenvalue weighted by Crippen LogP contribution is 2.37. The minimum absolute atomic E-state index is 0.153. The minimum Gasteiger partial charge on any atom is -0.379 e. The lowest BCUT2D eigenvalue weighted by Gasteiger charge is -2.27. The molecule has 3 aromatic carbocycles. The van der Waals surface area contributed by atoms with Gasteiger partial charge in [0.15, 0.2) is 0 Å². The van der Waals surface area contributed by atoms with Gasteiger partial charge in [0, 0.05) is 60.9 Å². The first-order valence-electron chi connectivity index (χ1n) is 14.4. The third-order valence-corrected chi connectivity index (χ3v) is 7.87. The highest BCUT2D eigenvalue weighted by atomic mass is 19.1. The second-order valence-corrected chi connectivity index (χ2v) is 10.8. The fourth-order valence-corrected chi connectivity index (χ4v) is 5.62. The summed E-state index contributed by atoms with van der Waals surface area (Å²) in [4.78, 5) is 30.7. The number of rotatable bonds is 8. The molecule has 0 bridgehead atoms. The zero-order valence-corrected chi connectivity index (χ0v) is 23.8. The molecule has 8 heteroatoms. The van der Waals surface area contributed by atoms with Crippen LogP contribution in [0.2, 0.25) is 0 Å². The van der Waals surface area contributed by atoms with Gasteiger partial charge < -0.3 is 19.7 Å². The summed E-state index contributed by atoms with van der Waals surface area (Å²) in [6.07, 6.45) is 2.05. The fraction of sp³-hybridized carbons (Fsp3) is 0.394. The molecule has 2 amide bonds. The van der Waals surface area contributed by atoms with Crippen LogP contribution in [0.1, 0.15) is 62.8 Å². The quantitative estimate of drug-likeness (QED) is 0.347. The molecule has 2 aliphatic heterocycles. The van der Waals surface area contributed by atoms with Crippen molar-refractivity contribution >= 4 is 23.2 Å². The Morgan fingerprint density at radius 1 is 0.976 bits per heavy atom. The average Bonchev–Trinajstić information content (AvgIpc) is 3.15. The fourth-order valence-electron chi connectivity index (χ4n) is 5.62. The molecule has 5 rings (SSSR count). The zero-order chi connectivity index (χ0) is 28.8. The van der Waals surface area contributed by atoms with Crippen molar-refractivity contribution in [2.45, 2.75) is 39.2 Å². The Kier molecular flexibility index (Phi) is 9.44. The molecule has 0 saturated carbocycles. The van der Waals surface area contributed by atoms with Crippen molar-refractivity contribution < 1.29 is 23.5 Å². The second kappa shape index (κ2) is 13.4. The van der Waals surface area contributed by atoms with Crippen molar-refractivity contribution in [2.75, 3.05) is 56.2 Å². The highest BCUT2D eigenvalue weighted by molar-refractivity contribution is 6.09. The summed E-state index contributed by atoms with van der Waals surface area (Å²) < 4.78 is 26.1. The molecule has 41 heavy (non-hydrogen) atoms. The standard InChI is InChI=1S/C33H38FN3O4/c1-23-7-3-4-8-27(23)32(38)35-26-11-12-28(24(2)21-26)33(39)37-15-5-9-31(29-22-25(34)10-13-30(29)37)41-18-6-14-36-16-19-40-20-17-36/h3-4,7-8,10-13,21-22,31H,5-6,9,14-20H2,1-2H3,(H,35,38). The molecule has 1 atom stereocenters. The molecule has 2 heterocycles. The monoisotopic (exact) mass is 559 g/mol. The summed E-state index contributed by atoms with van der Waals surface area (Å²) in [5, 5.41) is 2.94. The van der Waals surface area contributed by atoms with Crippen LogP contribution in [0.25, 0.3) is 0 Å². The number of morpholine rings is 1. The van der Waals surface area contributed by atoms with E-state index in [1.54, 1.807) is 29.2 Å². The van der Waals surface area contributed by atoms with Crippen LogP contribution in [-0.4, -0.2) is 62.7 Å². The molecular formula is C33H38FN3O4. The Hall–Kier alpha value is -3.59. The van der Waals surface area contributed by atoms with Crippen molar-refractivity contribution in [1.82, 2.24) is 4.90 Å². The number of carbonyl (C=O) groups excluding carboxylic acids is 2. The number of benzene rings is 3. The first-order valence-corrected chi connectivity index (χ1v) is 14.4. The van der Waals surface area contributed by atoms with E-state index in [2.05, 4.69) is 10.2 Å². The van der Waals surface area contributed by atoms with Crippen LogP contribution in [0.4, 0.5) is 15.8 Å². The Morgan fingerprint density at radius 2 is 1.78 bits per heavy atom. The largest absolute Gasteiger partial charge is 0.379 e. The summed E-state index contributed by atoms with van der Waals surface area (Å²) in [7, 11) is 0. The maximum Gasteiger partial charge on any atom is 0.258 e. The molecule has 3 aromatic rings. The number of fused-ring (bicyclic) bond motifs is 1. The number of hydrogen-bond acceptors (Lipinski definition) is 5. The van der Waals surface area contributed by atoms with E-state index in [0.717, 1.165) is 56.8 Å². The molecule has 0 aromatic heterocycles. The third-order valence-electron chi connectivity index (χ3n) is 7.87. The summed E-state index contributed by atoms with van der Waals surface area (Å²) in [5.41, 5.74) is 4.81. The third kappa shape index (κ3) is 7.01. The highest BCUT2D eigenvalue weighted by Gasteiger charge is 2.29. The van der Waals surface area contributed by atoms with E-state index in [1.165, 1.54) is 12.1 Å². The van der Waals surface area contributed by atoms with Crippen LogP contribution in [-0.2, 0) is 9.47 Å². The number of ether oxygens (including phenoxy) is 2.